The van der Waals surface area contributed by atoms with Gasteiger partial charge in [-0.2, -0.15) is 5.10 Å². The minimum Gasteiger partial charge on any atom is -0.376 e. The Bertz CT molecular complexity index is 697. The fraction of sp³-hybridized carbons (Fsp3) is 0.625. The van der Waals surface area contributed by atoms with Gasteiger partial charge in [0.2, 0.25) is 0 Å². The predicted molar refractivity (Wildman–Crippen MR) is 88.7 cm³/mol. The van der Waals surface area contributed by atoms with E-state index in [1.54, 1.807) is 10.1 Å². The molecule has 24 heavy (non-hydrogen) atoms. The lowest BCUT2D eigenvalue weighted by Gasteiger charge is -2.27. The Balaban J connectivity index is 1.51. The molecular formula is C16H21N5O2S. The molecule has 1 saturated heterocycles. The molecule has 0 unspecified atom stereocenters. The van der Waals surface area contributed by atoms with Crippen molar-refractivity contribution in [3.05, 3.63) is 29.0 Å². The van der Waals surface area contributed by atoms with Crippen molar-refractivity contribution < 1.29 is 9.53 Å². The van der Waals surface area contributed by atoms with Crippen LogP contribution in [0.2, 0.25) is 0 Å². The Morgan fingerprint density at radius 3 is 2.96 bits per heavy atom. The lowest BCUT2D eigenvalue weighted by atomic mass is 10.0. The van der Waals surface area contributed by atoms with E-state index in [-0.39, 0.29) is 18.1 Å². The van der Waals surface area contributed by atoms with Gasteiger partial charge < -0.3 is 9.64 Å². The lowest BCUT2D eigenvalue weighted by Crippen LogP contribution is -2.42. The minimum absolute atomic E-state index is 0.0298. The monoisotopic (exact) mass is 347 g/mol. The van der Waals surface area contributed by atoms with E-state index in [4.69, 9.17) is 4.74 Å². The number of aryl methyl sites for hydroxylation is 1. The van der Waals surface area contributed by atoms with E-state index in [1.165, 1.54) is 24.4 Å². The largest absolute Gasteiger partial charge is 0.376 e. The SMILES string of the molecule is Cn1cc(C[C@H]2[C@@H](OCC3CC3)CCN2C(=O)c2csnn2)cn1. The molecule has 2 aromatic rings. The van der Waals surface area contributed by atoms with Crippen LogP contribution in [-0.2, 0) is 18.2 Å². The van der Waals surface area contributed by atoms with E-state index in [1.807, 2.05) is 24.3 Å². The van der Waals surface area contributed by atoms with Gasteiger partial charge in [-0.25, -0.2) is 0 Å². The lowest BCUT2D eigenvalue weighted by molar-refractivity contribution is 0.0198. The van der Waals surface area contributed by atoms with Gasteiger partial charge in [0.15, 0.2) is 5.69 Å². The average Bonchev–Trinajstić information content (AvgIpc) is 2.98. The standard InChI is InChI=1S/C16H21N5O2S/c1-20-8-12(7-17-20)6-14-15(23-9-11-2-3-11)4-5-21(14)16(22)13-10-24-19-18-13/h7-8,10-11,14-15H,2-6,9H2,1H3/t14-,15-/m0/s1. The molecule has 4 rings (SSSR count). The maximum atomic E-state index is 12.8. The number of ether oxygens (including phenoxy) is 1. The number of carbonyl (C=O) groups is 1. The van der Waals surface area contributed by atoms with Crippen molar-refractivity contribution in [1.29, 1.82) is 0 Å². The second-order valence-corrected chi connectivity index (χ2v) is 7.30. The van der Waals surface area contributed by atoms with Gasteiger partial charge in [-0.05, 0) is 48.7 Å². The zero-order valence-electron chi connectivity index (χ0n) is 13.7. The molecule has 7 nitrogen and oxygen atoms in total. The van der Waals surface area contributed by atoms with Gasteiger partial charge in [0.05, 0.1) is 18.3 Å². The summed E-state index contributed by atoms with van der Waals surface area (Å²) in [6, 6.07) is 0.0298. The van der Waals surface area contributed by atoms with E-state index in [0.29, 0.717) is 12.2 Å². The highest BCUT2D eigenvalue weighted by Gasteiger charge is 2.39. The Morgan fingerprint density at radius 2 is 2.29 bits per heavy atom. The first-order valence-corrected chi connectivity index (χ1v) is 9.21. The van der Waals surface area contributed by atoms with Crippen LogP contribution in [-0.4, -0.2) is 55.5 Å². The van der Waals surface area contributed by atoms with E-state index in [2.05, 4.69) is 14.7 Å². The van der Waals surface area contributed by atoms with Crippen molar-refractivity contribution in [2.24, 2.45) is 13.0 Å². The summed E-state index contributed by atoms with van der Waals surface area (Å²) in [5.41, 5.74) is 1.55. The Kier molecular flexibility index (Phi) is 4.32. The van der Waals surface area contributed by atoms with Gasteiger partial charge in [-0.15, -0.1) is 5.10 Å². The molecule has 2 aliphatic rings. The highest BCUT2D eigenvalue weighted by molar-refractivity contribution is 7.03. The molecule has 128 valence electrons. The summed E-state index contributed by atoms with van der Waals surface area (Å²) in [4.78, 5) is 14.7. The van der Waals surface area contributed by atoms with E-state index in [0.717, 1.165) is 30.9 Å². The maximum absolute atomic E-state index is 12.8. The molecular weight excluding hydrogens is 326 g/mol. The van der Waals surface area contributed by atoms with Gasteiger partial charge in [0.25, 0.3) is 5.91 Å². The number of hydrogen-bond acceptors (Lipinski definition) is 6. The Hall–Kier alpha value is -1.80. The molecule has 0 spiro atoms. The molecule has 0 aromatic carbocycles. The quantitative estimate of drug-likeness (QED) is 0.792. The van der Waals surface area contributed by atoms with Crippen molar-refractivity contribution in [1.82, 2.24) is 24.3 Å². The molecule has 2 atom stereocenters. The fourth-order valence-electron chi connectivity index (χ4n) is 3.28. The Labute approximate surface area is 144 Å². The molecule has 8 heteroatoms. The normalized spacial score (nSPS) is 23.8. The van der Waals surface area contributed by atoms with Crippen LogP contribution in [0.5, 0.6) is 0 Å². The van der Waals surface area contributed by atoms with Crippen molar-refractivity contribution in [2.45, 2.75) is 37.8 Å². The number of rotatable bonds is 6. The zero-order chi connectivity index (χ0) is 16.5. The average molecular weight is 347 g/mol. The third kappa shape index (κ3) is 3.34. The second kappa shape index (κ2) is 6.60. The van der Waals surface area contributed by atoms with E-state index < -0.39 is 0 Å². The molecule has 1 aliphatic carbocycles. The zero-order valence-corrected chi connectivity index (χ0v) is 14.5. The van der Waals surface area contributed by atoms with Crippen LogP contribution in [0.4, 0.5) is 0 Å². The van der Waals surface area contributed by atoms with Gasteiger partial charge in [0, 0.05) is 31.8 Å². The number of aromatic nitrogens is 4. The molecule has 3 heterocycles. The van der Waals surface area contributed by atoms with Crippen LogP contribution < -0.4 is 0 Å². The highest BCUT2D eigenvalue weighted by atomic mass is 32.1. The van der Waals surface area contributed by atoms with Crippen LogP contribution in [0.3, 0.4) is 0 Å². The summed E-state index contributed by atoms with van der Waals surface area (Å²) in [5, 5.41) is 9.89. The van der Waals surface area contributed by atoms with Crippen LogP contribution in [0.15, 0.2) is 17.8 Å². The van der Waals surface area contributed by atoms with Crippen LogP contribution in [0.1, 0.15) is 35.3 Å². The molecule has 0 N–H and O–H groups in total. The second-order valence-electron chi connectivity index (χ2n) is 6.69. The summed E-state index contributed by atoms with van der Waals surface area (Å²) in [7, 11) is 1.91. The summed E-state index contributed by atoms with van der Waals surface area (Å²) >= 11 is 1.21. The van der Waals surface area contributed by atoms with Crippen LogP contribution in [0, 0.1) is 5.92 Å². The molecule has 2 aromatic heterocycles. The first kappa shape index (κ1) is 15.7. The number of carbonyl (C=O) groups excluding carboxylic acids is 1. The van der Waals surface area contributed by atoms with Crippen molar-refractivity contribution in [3.8, 4) is 0 Å². The molecule has 0 bridgehead atoms. The van der Waals surface area contributed by atoms with Gasteiger partial charge in [0.1, 0.15) is 0 Å². The summed E-state index contributed by atoms with van der Waals surface area (Å²) < 4.78 is 11.8. The van der Waals surface area contributed by atoms with Gasteiger partial charge in [-0.3, -0.25) is 9.48 Å². The number of amides is 1. The minimum atomic E-state index is -0.0461. The molecule has 0 radical (unpaired) electrons. The molecule has 2 fully saturated rings. The third-order valence-corrected chi connectivity index (χ3v) is 5.27. The summed E-state index contributed by atoms with van der Waals surface area (Å²) in [5.74, 6) is 0.673. The topological polar surface area (TPSA) is 73.1 Å². The van der Waals surface area contributed by atoms with Gasteiger partial charge in [-0.1, -0.05) is 4.49 Å². The fourth-order valence-corrected chi connectivity index (χ4v) is 3.71. The first-order valence-electron chi connectivity index (χ1n) is 8.38. The van der Waals surface area contributed by atoms with E-state index in [9.17, 15) is 4.79 Å². The Morgan fingerprint density at radius 1 is 1.42 bits per heavy atom. The first-order chi connectivity index (χ1) is 11.7. The summed E-state index contributed by atoms with van der Waals surface area (Å²) in [6.07, 6.45) is 8.13. The number of hydrogen-bond donors (Lipinski definition) is 0. The molecule has 1 aliphatic heterocycles. The van der Waals surface area contributed by atoms with Crippen LogP contribution in [0.25, 0.3) is 0 Å². The number of nitrogens with zero attached hydrogens (tertiary/aromatic N) is 5. The predicted octanol–water partition coefficient (Wildman–Crippen LogP) is 1.52. The summed E-state index contributed by atoms with van der Waals surface area (Å²) in [6.45, 7) is 1.52. The maximum Gasteiger partial charge on any atom is 0.275 e. The van der Waals surface area contributed by atoms with E-state index >= 15 is 0 Å². The van der Waals surface area contributed by atoms with Crippen LogP contribution >= 0.6 is 11.5 Å². The third-order valence-electron chi connectivity index (χ3n) is 4.77. The van der Waals surface area contributed by atoms with Crippen molar-refractivity contribution in [2.75, 3.05) is 13.2 Å². The van der Waals surface area contributed by atoms with Crippen molar-refractivity contribution >= 4 is 17.4 Å². The van der Waals surface area contributed by atoms with Crippen molar-refractivity contribution in [3.63, 3.8) is 0 Å². The highest BCUT2D eigenvalue weighted by Crippen LogP contribution is 2.32. The molecule has 1 amide bonds. The molecule has 1 saturated carbocycles. The van der Waals surface area contributed by atoms with Gasteiger partial charge >= 0.3 is 0 Å². The smallest absolute Gasteiger partial charge is 0.275 e. The number of likely N-dealkylation sites (tertiary alicyclic amines) is 1.